The minimum absolute atomic E-state index is 0.137. The second kappa shape index (κ2) is 2.18. The van der Waals surface area contributed by atoms with E-state index in [0.29, 0.717) is 6.42 Å². The summed E-state index contributed by atoms with van der Waals surface area (Å²) in [4.78, 5) is 11.3. The number of ketones is 1. The fourth-order valence-corrected chi connectivity index (χ4v) is 0.805. The molecule has 0 heterocycles. The Labute approximate surface area is 53.5 Å². The van der Waals surface area contributed by atoms with Crippen molar-refractivity contribution in [2.24, 2.45) is 0 Å². The zero-order valence-corrected chi connectivity index (χ0v) is 5.19. The Morgan fingerprint density at radius 3 is 2.75 bits per heavy atom. The summed E-state index contributed by atoms with van der Waals surface area (Å²) < 4.78 is 0. The average Bonchev–Trinajstić information content (AvgIpc) is 1.64. The summed E-state index contributed by atoms with van der Waals surface area (Å²) in [7, 11) is 0. The van der Waals surface area contributed by atoms with Crippen LogP contribution in [0.4, 0.5) is 0 Å². The first-order chi connectivity index (χ1) is 3.79. The van der Waals surface area contributed by atoms with Crippen LogP contribution in [0.25, 0.3) is 0 Å². The second-order valence-electron chi connectivity index (χ2n) is 1.66. The lowest BCUT2D eigenvalue weighted by Crippen LogP contribution is -1.94. The van der Waals surface area contributed by atoms with Crippen molar-refractivity contribution in [3.8, 4) is 0 Å². The molecular formula is C6H6OS. The lowest BCUT2D eigenvalue weighted by molar-refractivity contribution is -0.113. The van der Waals surface area contributed by atoms with E-state index >= 15 is 0 Å². The maximum absolute atomic E-state index is 10.5. The number of carbonyl (C=O) groups excluding carboxylic acids is 1. The molecule has 0 aliphatic heterocycles. The van der Waals surface area contributed by atoms with Crippen molar-refractivity contribution in [2.75, 3.05) is 0 Å². The quantitative estimate of drug-likeness (QED) is 0.484. The Morgan fingerprint density at radius 1 is 1.62 bits per heavy atom. The van der Waals surface area contributed by atoms with Gasteiger partial charge in [0.05, 0.1) is 0 Å². The Balaban J connectivity index is 2.73. The molecule has 8 heavy (non-hydrogen) atoms. The van der Waals surface area contributed by atoms with Crippen LogP contribution in [0, 0.1) is 0 Å². The van der Waals surface area contributed by atoms with Gasteiger partial charge in [0.2, 0.25) is 0 Å². The molecule has 0 saturated carbocycles. The van der Waals surface area contributed by atoms with Crippen LogP contribution in [0.5, 0.6) is 0 Å². The molecular weight excluding hydrogens is 120 g/mol. The number of allylic oxidation sites excluding steroid dienone is 4. The average molecular weight is 126 g/mol. The summed E-state index contributed by atoms with van der Waals surface area (Å²) in [5.41, 5.74) is 0. The maximum atomic E-state index is 10.5. The van der Waals surface area contributed by atoms with Crippen molar-refractivity contribution in [3.63, 3.8) is 0 Å². The molecule has 0 unspecified atom stereocenters. The fraction of sp³-hybridized carbons (Fsp3) is 0.167. The molecule has 0 atom stereocenters. The molecule has 0 N–H and O–H groups in total. The van der Waals surface area contributed by atoms with E-state index in [1.165, 1.54) is 0 Å². The Bertz CT molecular complexity index is 167. The van der Waals surface area contributed by atoms with Crippen molar-refractivity contribution in [3.05, 3.63) is 23.1 Å². The van der Waals surface area contributed by atoms with Crippen LogP contribution in [0.15, 0.2) is 23.1 Å². The normalized spacial score (nSPS) is 18.6. The third-order valence-corrected chi connectivity index (χ3v) is 1.23. The predicted octanol–water partition coefficient (Wildman–Crippen LogP) is 1.33. The minimum atomic E-state index is 0.137. The predicted molar refractivity (Wildman–Crippen MR) is 35.8 cm³/mol. The van der Waals surface area contributed by atoms with E-state index in [0.717, 1.165) is 4.91 Å². The van der Waals surface area contributed by atoms with Gasteiger partial charge in [0.25, 0.3) is 0 Å². The molecule has 0 saturated heterocycles. The van der Waals surface area contributed by atoms with Gasteiger partial charge < -0.3 is 0 Å². The summed E-state index contributed by atoms with van der Waals surface area (Å²) in [6.45, 7) is 0. The highest BCUT2D eigenvalue weighted by Gasteiger charge is 2.00. The van der Waals surface area contributed by atoms with Crippen molar-refractivity contribution in [2.45, 2.75) is 6.42 Å². The molecule has 1 aliphatic rings. The van der Waals surface area contributed by atoms with Gasteiger partial charge in [0.15, 0.2) is 5.78 Å². The molecule has 0 aromatic heterocycles. The van der Waals surface area contributed by atoms with Gasteiger partial charge in [-0.2, -0.15) is 0 Å². The van der Waals surface area contributed by atoms with Crippen molar-refractivity contribution < 1.29 is 4.79 Å². The molecule has 1 nitrogen and oxygen atoms in total. The van der Waals surface area contributed by atoms with E-state index in [1.54, 1.807) is 12.2 Å². The molecule has 1 aliphatic carbocycles. The van der Waals surface area contributed by atoms with Gasteiger partial charge in [-0.05, 0) is 11.0 Å². The number of carbonyl (C=O) groups is 1. The maximum Gasteiger partial charge on any atom is 0.160 e. The van der Waals surface area contributed by atoms with Crippen molar-refractivity contribution in [1.29, 1.82) is 0 Å². The fourth-order valence-electron chi connectivity index (χ4n) is 0.563. The van der Waals surface area contributed by atoms with Gasteiger partial charge in [-0.3, -0.25) is 4.79 Å². The Kier molecular flexibility index (Phi) is 1.53. The molecule has 0 aromatic rings. The highest BCUT2D eigenvalue weighted by atomic mass is 32.1. The highest BCUT2D eigenvalue weighted by molar-refractivity contribution is 7.84. The molecule has 42 valence electrons. The van der Waals surface area contributed by atoms with Gasteiger partial charge in [0, 0.05) is 6.42 Å². The summed E-state index contributed by atoms with van der Waals surface area (Å²) >= 11 is 4.01. The van der Waals surface area contributed by atoms with Crippen LogP contribution in [0.1, 0.15) is 6.42 Å². The SMILES string of the molecule is O=C1C=CC=C(S)C1. The van der Waals surface area contributed by atoms with Crippen LogP contribution >= 0.6 is 12.6 Å². The van der Waals surface area contributed by atoms with Gasteiger partial charge >= 0.3 is 0 Å². The zero-order valence-electron chi connectivity index (χ0n) is 4.29. The van der Waals surface area contributed by atoms with E-state index in [4.69, 9.17) is 0 Å². The Hall–Kier alpha value is -0.500. The zero-order chi connectivity index (χ0) is 5.98. The van der Waals surface area contributed by atoms with Crippen molar-refractivity contribution in [1.82, 2.24) is 0 Å². The van der Waals surface area contributed by atoms with Crippen LogP contribution in [-0.4, -0.2) is 5.78 Å². The van der Waals surface area contributed by atoms with Gasteiger partial charge in [-0.1, -0.05) is 12.2 Å². The highest BCUT2D eigenvalue weighted by Crippen LogP contribution is 2.11. The van der Waals surface area contributed by atoms with Gasteiger partial charge in [-0.15, -0.1) is 12.6 Å². The third-order valence-electron chi connectivity index (χ3n) is 0.926. The lowest BCUT2D eigenvalue weighted by Gasteiger charge is -1.97. The van der Waals surface area contributed by atoms with Crippen LogP contribution in [0.3, 0.4) is 0 Å². The van der Waals surface area contributed by atoms with Gasteiger partial charge in [0.1, 0.15) is 0 Å². The summed E-state index contributed by atoms with van der Waals surface area (Å²) in [6, 6.07) is 0. The van der Waals surface area contributed by atoms with Gasteiger partial charge in [-0.25, -0.2) is 0 Å². The molecule has 0 aromatic carbocycles. The Morgan fingerprint density at radius 2 is 2.38 bits per heavy atom. The third kappa shape index (κ3) is 1.23. The number of hydrogen-bond acceptors (Lipinski definition) is 2. The second-order valence-corrected chi connectivity index (χ2v) is 2.23. The summed E-state index contributed by atoms with van der Waals surface area (Å²) in [5.74, 6) is 0.137. The number of thiol groups is 1. The van der Waals surface area contributed by atoms with Crippen LogP contribution in [0.2, 0.25) is 0 Å². The largest absolute Gasteiger partial charge is 0.294 e. The molecule has 0 amide bonds. The monoisotopic (exact) mass is 126 g/mol. The first kappa shape index (κ1) is 5.63. The van der Waals surface area contributed by atoms with E-state index in [9.17, 15) is 4.79 Å². The first-order valence-electron chi connectivity index (χ1n) is 2.38. The van der Waals surface area contributed by atoms with Crippen molar-refractivity contribution >= 4 is 18.4 Å². The van der Waals surface area contributed by atoms with E-state index < -0.39 is 0 Å². The summed E-state index contributed by atoms with van der Waals surface area (Å²) in [6.07, 6.45) is 5.57. The molecule has 1 rings (SSSR count). The molecule has 0 radical (unpaired) electrons. The van der Waals surface area contributed by atoms with Crippen LogP contribution in [-0.2, 0) is 4.79 Å². The molecule has 2 heteroatoms. The van der Waals surface area contributed by atoms with E-state index in [2.05, 4.69) is 12.6 Å². The standard InChI is InChI=1S/C6H6OS/c7-5-2-1-3-6(8)4-5/h1-3,8H,4H2. The molecule has 0 fully saturated rings. The molecule has 0 spiro atoms. The topological polar surface area (TPSA) is 17.1 Å². The summed E-state index contributed by atoms with van der Waals surface area (Å²) in [5, 5.41) is 0. The number of rotatable bonds is 0. The molecule has 0 bridgehead atoms. The number of hydrogen-bond donors (Lipinski definition) is 1. The first-order valence-corrected chi connectivity index (χ1v) is 2.83. The van der Waals surface area contributed by atoms with E-state index in [-0.39, 0.29) is 5.78 Å². The lowest BCUT2D eigenvalue weighted by atomic mass is 10.2. The smallest absolute Gasteiger partial charge is 0.160 e. The van der Waals surface area contributed by atoms with E-state index in [1.807, 2.05) is 6.08 Å². The van der Waals surface area contributed by atoms with Crippen LogP contribution < -0.4 is 0 Å². The minimum Gasteiger partial charge on any atom is -0.294 e.